The number of nitrogens with zero attached hydrogens (tertiary/aromatic N) is 5. The van der Waals surface area contributed by atoms with Gasteiger partial charge in [0.25, 0.3) is 11.2 Å². The molecule has 0 amide bonds. The largest absolute Gasteiger partial charge is 0.379 e. The van der Waals surface area contributed by atoms with Gasteiger partial charge in [-0.05, 0) is 26.1 Å². The molecule has 2 aromatic rings. The lowest BCUT2D eigenvalue weighted by atomic mass is 10.2. The maximum atomic E-state index is 12.6. The Morgan fingerprint density at radius 3 is 2.50 bits per heavy atom. The van der Waals surface area contributed by atoms with E-state index in [1.54, 1.807) is 0 Å². The van der Waals surface area contributed by atoms with Crippen LogP contribution in [0.1, 0.15) is 6.92 Å². The van der Waals surface area contributed by atoms with Gasteiger partial charge in [0.2, 0.25) is 0 Å². The second-order valence-electron chi connectivity index (χ2n) is 7.01. The van der Waals surface area contributed by atoms with E-state index >= 15 is 0 Å². The van der Waals surface area contributed by atoms with Crippen LogP contribution in [0.2, 0.25) is 5.02 Å². The van der Waals surface area contributed by atoms with Gasteiger partial charge < -0.3 is 10.2 Å². The molecular weight excluding hydrogens is 384 g/mol. The number of rotatable bonds is 6. The van der Waals surface area contributed by atoms with Gasteiger partial charge in [-0.1, -0.05) is 11.6 Å². The Morgan fingerprint density at radius 2 is 1.89 bits per heavy atom. The van der Waals surface area contributed by atoms with Crippen molar-refractivity contribution in [2.24, 2.45) is 0 Å². The molecule has 0 aliphatic carbocycles. The van der Waals surface area contributed by atoms with E-state index in [9.17, 15) is 14.9 Å². The first-order chi connectivity index (χ1) is 13.3. The zero-order valence-corrected chi connectivity index (χ0v) is 16.6. The van der Waals surface area contributed by atoms with Gasteiger partial charge in [0, 0.05) is 50.9 Å². The van der Waals surface area contributed by atoms with Gasteiger partial charge in [-0.15, -0.1) is 0 Å². The molecule has 28 heavy (non-hydrogen) atoms. The summed E-state index contributed by atoms with van der Waals surface area (Å²) in [5.74, 6) is 0. The molecule has 150 valence electrons. The molecular formula is C18H23ClN6O3. The second-order valence-corrected chi connectivity index (χ2v) is 7.39. The van der Waals surface area contributed by atoms with Crippen LogP contribution in [0.3, 0.4) is 0 Å². The van der Waals surface area contributed by atoms with E-state index in [0.29, 0.717) is 11.4 Å². The Labute approximate surface area is 167 Å². The van der Waals surface area contributed by atoms with Gasteiger partial charge in [-0.25, -0.2) is 0 Å². The first kappa shape index (κ1) is 20.2. The van der Waals surface area contributed by atoms with Gasteiger partial charge >= 0.3 is 0 Å². The minimum atomic E-state index is -0.498. The molecule has 2 heterocycles. The molecule has 1 aliphatic rings. The monoisotopic (exact) mass is 406 g/mol. The van der Waals surface area contributed by atoms with Crippen LogP contribution in [0.15, 0.2) is 35.3 Å². The zero-order chi connectivity index (χ0) is 20.3. The number of halogens is 1. The van der Waals surface area contributed by atoms with Gasteiger partial charge in [0.05, 0.1) is 22.5 Å². The Balaban J connectivity index is 1.71. The summed E-state index contributed by atoms with van der Waals surface area (Å²) in [7, 11) is 2.12. The van der Waals surface area contributed by atoms with Crippen molar-refractivity contribution in [1.82, 2.24) is 19.6 Å². The molecule has 0 saturated carbocycles. The van der Waals surface area contributed by atoms with Gasteiger partial charge in [-0.2, -0.15) is 9.78 Å². The van der Waals surface area contributed by atoms with E-state index < -0.39 is 10.5 Å². The maximum absolute atomic E-state index is 12.6. The third-order valence-electron chi connectivity index (χ3n) is 4.75. The van der Waals surface area contributed by atoms with Crippen LogP contribution in [0.4, 0.5) is 11.4 Å². The molecule has 0 bridgehead atoms. The lowest BCUT2D eigenvalue weighted by Gasteiger charge is -2.34. The van der Waals surface area contributed by atoms with Crippen LogP contribution >= 0.6 is 11.6 Å². The van der Waals surface area contributed by atoms with Gasteiger partial charge in [-0.3, -0.25) is 19.8 Å². The molecule has 0 spiro atoms. The van der Waals surface area contributed by atoms with E-state index in [1.165, 1.54) is 30.5 Å². The van der Waals surface area contributed by atoms with E-state index in [-0.39, 0.29) is 16.8 Å². The van der Waals surface area contributed by atoms with Crippen LogP contribution < -0.4 is 10.9 Å². The summed E-state index contributed by atoms with van der Waals surface area (Å²) in [6.07, 6.45) is 1.51. The quantitative estimate of drug-likeness (QED) is 0.577. The number of likely N-dealkylation sites (N-methyl/N-ethyl adjacent to an activating group) is 1. The maximum Gasteiger partial charge on any atom is 0.292 e. The molecule has 3 rings (SSSR count). The molecule has 1 aliphatic heterocycles. The molecule has 1 unspecified atom stereocenters. The van der Waals surface area contributed by atoms with Crippen molar-refractivity contribution in [1.29, 1.82) is 0 Å². The smallest absolute Gasteiger partial charge is 0.292 e. The Bertz CT molecular complexity index is 893. The highest BCUT2D eigenvalue weighted by atomic mass is 35.5. The molecule has 10 heteroatoms. The van der Waals surface area contributed by atoms with Crippen molar-refractivity contribution < 1.29 is 4.92 Å². The molecule has 1 aromatic carbocycles. The van der Waals surface area contributed by atoms with Crippen molar-refractivity contribution >= 4 is 23.0 Å². The number of nitro groups is 1. The lowest BCUT2D eigenvalue weighted by Crippen LogP contribution is -2.47. The molecule has 9 nitrogen and oxygen atoms in total. The third kappa shape index (κ3) is 4.67. The van der Waals surface area contributed by atoms with Crippen LogP contribution in [0.5, 0.6) is 0 Å². The van der Waals surface area contributed by atoms with Crippen molar-refractivity contribution in [3.8, 4) is 5.69 Å². The number of benzene rings is 1. The summed E-state index contributed by atoms with van der Waals surface area (Å²) in [5.41, 5.74) is 0.354. The Morgan fingerprint density at radius 1 is 1.25 bits per heavy atom. The predicted octanol–water partition coefficient (Wildman–Crippen LogP) is 1.84. The fraction of sp³-hybridized carbons (Fsp3) is 0.444. The SMILES string of the molecule is CC(CN1CCN(C)CC1)Nc1cnn(-c2ccc([N+](=O)[O-])cc2)c(=O)c1Cl. The van der Waals surface area contributed by atoms with Crippen molar-refractivity contribution in [3.05, 3.63) is 56.0 Å². The predicted molar refractivity (Wildman–Crippen MR) is 109 cm³/mol. The normalized spacial score (nSPS) is 16.7. The number of anilines is 1. The van der Waals surface area contributed by atoms with Crippen LogP contribution in [-0.2, 0) is 0 Å². The standard InChI is InChI=1S/C18H23ClN6O3/c1-13(12-23-9-7-22(2)8-10-23)21-16-11-20-24(18(26)17(16)19)14-3-5-15(6-4-14)25(27)28/h3-6,11,13,21H,7-10,12H2,1-2H3. The van der Waals surface area contributed by atoms with Crippen LogP contribution in [0, 0.1) is 10.1 Å². The number of nitrogens with one attached hydrogen (secondary N) is 1. The molecule has 0 radical (unpaired) electrons. The third-order valence-corrected chi connectivity index (χ3v) is 5.12. The fourth-order valence-corrected chi connectivity index (χ4v) is 3.35. The average molecular weight is 407 g/mol. The summed E-state index contributed by atoms with van der Waals surface area (Å²) in [5, 5.41) is 18.2. The number of aromatic nitrogens is 2. The number of hydrogen-bond donors (Lipinski definition) is 1. The fourth-order valence-electron chi connectivity index (χ4n) is 3.16. The summed E-state index contributed by atoms with van der Waals surface area (Å²) >= 11 is 6.27. The highest BCUT2D eigenvalue weighted by molar-refractivity contribution is 6.32. The van der Waals surface area contributed by atoms with Crippen LogP contribution in [-0.4, -0.2) is 70.3 Å². The van der Waals surface area contributed by atoms with Gasteiger partial charge in [0.15, 0.2) is 0 Å². The summed E-state index contributed by atoms with van der Waals surface area (Å²) in [4.78, 5) is 27.5. The van der Waals surface area contributed by atoms with Crippen LogP contribution in [0.25, 0.3) is 5.69 Å². The Hall–Kier alpha value is -2.49. The number of non-ortho nitro benzene ring substituents is 1. The van der Waals surface area contributed by atoms with Crippen molar-refractivity contribution in [2.75, 3.05) is 45.1 Å². The lowest BCUT2D eigenvalue weighted by molar-refractivity contribution is -0.384. The minimum absolute atomic E-state index is 0.0404. The first-order valence-electron chi connectivity index (χ1n) is 9.05. The summed E-state index contributed by atoms with van der Waals surface area (Å²) < 4.78 is 1.13. The summed E-state index contributed by atoms with van der Waals surface area (Å²) in [6.45, 7) is 6.99. The minimum Gasteiger partial charge on any atom is -0.379 e. The topological polar surface area (TPSA) is 96.5 Å². The van der Waals surface area contributed by atoms with Crippen molar-refractivity contribution in [2.45, 2.75) is 13.0 Å². The first-order valence-corrected chi connectivity index (χ1v) is 9.43. The molecule has 1 aromatic heterocycles. The second kappa shape index (κ2) is 8.68. The highest BCUT2D eigenvalue weighted by Crippen LogP contribution is 2.19. The van der Waals surface area contributed by atoms with Gasteiger partial charge in [0.1, 0.15) is 5.02 Å². The number of piperazine rings is 1. The van der Waals surface area contributed by atoms with E-state index in [0.717, 1.165) is 37.4 Å². The van der Waals surface area contributed by atoms with E-state index in [1.807, 2.05) is 6.92 Å². The molecule has 1 N–H and O–H groups in total. The molecule has 1 saturated heterocycles. The molecule has 1 fully saturated rings. The summed E-state index contributed by atoms with van der Waals surface area (Å²) in [6, 6.07) is 5.67. The van der Waals surface area contributed by atoms with E-state index in [2.05, 4.69) is 27.3 Å². The Kier molecular flexibility index (Phi) is 6.28. The molecule has 1 atom stereocenters. The number of hydrogen-bond acceptors (Lipinski definition) is 7. The zero-order valence-electron chi connectivity index (χ0n) is 15.8. The average Bonchev–Trinajstić information content (AvgIpc) is 2.67. The number of nitro benzene ring substituents is 1. The van der Waals surface area contributed by atoms with E-state index in [4.69, 9.17) is 11.6 Å². The highest BCUT2D eigenvalue weighted by Gasteiger charge is 2.18. The van der Waals surface area contributed by atoms with Crippen molar-refractivity contribution in [3.63, 3.8) is 0 Å².